The van der Waals surface area contributed by atoms with Crippen LogP contribution in [-0.2, 0) is 11.2 Å². The highest BCUT2D eigenvalue weighted by atomic mass is 16.7. The Hall–Kier alpha value is -3.35. The maximum absolute atomic E-state index is 12.2. The number of aryl methyl sites for hydroxylation is 1. The van der Waals surface area contributed by atoms with Crippen LogP contribution in [0.25, 0.3) is 11.5 Å². The molecule has 25 heavy (non-hydrogen) atoms. The predicted octanol–water partition coefficient (Wildman–Crippen LogP) is 2.95. The summed E-state index contributed by atoms with van der Waals surface area (Å²) in [5.41, 5.74) is 2.75. The van der Waals surface area contributed by atoms with Gasteiger partial charge in [-0.2, -0.15) is 0 Å². The Kier molecular flexibility index (Phi) is 3.81. The molecule has 2 aromatic carbocycles. The molecule has 0 saturated carbocycles. The maximum atomic E-state index is 12.2. The lowest BCUT2D eigenvalue weighted by Crippen LogP contribution is -2.14. The van der Waals surface area contributed by atoms with E-state index in [9.17, 15) is 4.79 Å². The average molecular weight is 337 g/mol. The number of rotatable bonds is 4. The normalized spacial score (nSPS) is 12.2. The lowest BCUT2D eigenvalue weighted by atomic mass is 10.1. The molecular weight excluding hydrogens is 322 g/mol. The summed E-state index contributed by atoms with van der Waals surface area (Å²) in [6, 6.07) is 13.2. The van der Waals surface area contributed by atoms with Crippen molar-refractivity contribution in [2.24, 2.45) is 0 Å². The largest absolute Gasteiger partial charge is 0.454 e. The van der Waals surface area contributed by atoms with Gasteiger partial charge in [-0.3, -0.25) is 10.1 Å². The zero-order valence-corrected chi connectivity index (χ0v) is 13.5. The number of fused-ring (bicyclic) bond motifs is 1. The average Bonchev–Trinajstić information content (AvgIpc) is 3.24. The van der Waals surface area contributed by atoms with Crippen LogP contribution in [0.2, 0.25) is 0 Å². The third-order valence-corrected chi connectivity index (χ3v) is 3.77. The van der Waals surface area contributed by atoms with Crippen LogP contribution in [0.4, 0.5) is 6.01 Å². The molecule has 0 bridgehead atoms. The van der Waals surface area contributed by atoms with Crippen molar-refractivity contribution >= 4 is 11.9 Å². The Morgan fingerprint density at radius 2 is 1.88 bits per heavy atom. The van der Waals surface area contributed by atoms with E-state index in [1.807, 2.05) is 37.3 Å². The summed E-state index contributed by atoms with van der Waals surface area (Å²) < 4.78 is 16.0. The van der Waals surface area contributed by atoms with Crippen molar-refractivity contribution in [3.63, 3.8) is 0 Å². The second-order valence-electron chi connectivity index (χ2n) is 5.69. The molecule has 0 radical (unpaired) electrons. The van der Waals surface area contributed by atoms with Gasteiger partial charge in [-0.1, -0.05) is 28.9 Å². The smallest absolute Gasteiger partial charge is 0.322 e. The van der Waals surface area contributed by atoms with E-state index in [0.29, 0.717) is 17.4 Å². The molecule has 1 amide bonds. The number of amides is 1. The van der Waals surface area contributed by atoms with E-state index in [1.54, 1.807) is 12.1 Å². The van der Waals surface area contributed by atoms with E-state index in [0.717, 1.165) is 16.7 Å². The fourth-order valence-electron chi connectivity index (χ4n) is 2.49. The van der Waals surface area contributed by atoms with Crippen molar-refractivity contribution in [3.05, 3.63) is 53.6 Å². The second-order valence-corrected chi connectivity index (χ2v) is 5.69. The minimum absolute atomic E-state index is 0.0707. The highest BCUT2D eigenvalue weighted by Gasteiger charge is 2.16. The molecule has 0 aliphatic carbocycles. The fraction of sp³-hybridized carbons (Fsp3) is 0.167. The molecule has 7 nitrogen and oxygen atoms in total. The Bertz CT molecular complexity index is 918. The molecule has 1 aliphatic heterocycles. The van der Waals surface area contributed by atoms with Gasteiger partial charge < -0.3 is 13.9 Å². The maximum Gasteiger partial charge on any atom is 0.322 e. The fourth-order valence-corrected chi connectivity index (χ4v) is 2.49. The first-order valence-electron chi connectivity index (χ1n) is 7.76. The summed E-state index contributed by atoms with van der Waals surface area (Å²) >= 11 is 0. The number of aromatic nitrogens is 2. The summed E-state index contributed by atoms with van der Waals surface area (Å²) in [6.07, 6.45) is 0.166. The van der Waals surface area contributed by atoms with Crippen LogP contribution < -0.4 is 14.8 Å². The number of anilines is 1. The van der Waals surface area contributed by atoms with Crippen molar-refractivity contribution in [1.29, 1.82) is 0 Å². The number of hydrogen-bond donors (Lipinski definition) is 1. The molecule has 2 heterocycles. The molecule has 0 unspecified atom stereocenters. The summed E-state index contributed by atoms with van der Waals surface area (Å²) in [5.74, 6) is 1.44. The van der Waals surface area contributed by atoms with Crippen LogP contribution in [-0.4, -0.2) is 22.9 Å². The molecular formula is C18H15N3O4. The summed E-state index contributed by atoms with van der Waals surface area (Å²) in [7, 11) is 0. The zero-order chi connectivity index (χ0) is 17.2. The van der Waals surface area contributed by atoms with Crippen molar-refractivity contribution < 1.29 is 18.7 Å². The minimum atomic E-state index is -0.252. The van der Waals surface area contributed by atoms with Crippen molar-refractivity contribution in [1.82, 2.24) is 10.2 Å². The third-order valence-electron chi connectivity index (χ3n) is 3.77. The van der Waals surface area contributed by atoms with E-state index in [-0.39, 0.29) is 25.1 Å². The van der Waals surface area contributed by atoms with Crippen LogP contribution >= 0.6 is 0 Å². The molecule has 0 saturated heterocycles. The standard InChI is InChI=1S/C18H15N3O4/c1-11-2-5-13(6-3-11)17-20-21-18(25-17)19-16(22)9-12-4-7-14-15(8-12)24-10-23-14/h2-8H,9-10H2,1H3,(H,19,21,22). The van der Waals surface area contributed by atoms with Crippen LogP contribution in [0, 0.1) is 6.92 Å². The predicted molar refractivity (Wildman–Crippen MR) is 89.4 cm³/mol. The Morgan fingerprint density at radius 3 is 2.72 bits per heavy atom. The first kappa shape index (κ1) is 15.2. The molecule has 1 aliphatic rings. The van der Waals surface area contributed by atoms with Gasteiger partial charge in [0.25, 0.3) is 0 Å². The summed E-state index contributed by atoms with van der Waals surface area (Å²) in [6.45, 7) is 2.20. The van der Waals surface area contributed by atoms with Gasteiger partial charge in [0.2, 0.25) is 18.6 Å². The molecule has 7 heteroatoms. The summed E-state index contributed by atoms with van der Waals surface area (Å²) in [4.78, 5) is 12.2. The van der Waals surface area contributed by atoms with Gasteiger partial charge in [-0.15, -0.1) is 5.10 Å². The van der Waals surface area contributed by atoms with E-state index < -0.39 is 0 Å². The lowest BCUT2D eigenvalue weighted by molar-refractivity contribution is -0.115. The SMILES string of the molecule is Cc1ccc(-c2nnc(NC(=O)Cc3ccc4c(c3)OCO4)o2)cc1. The van der Waals surface area contributed by atoms with Crippen LogP contribution in [0.15, 0.2) is 46.9 Å². The topological polar surface area (TPSA) is 86.5 Å². The lowest BCUT2D eigenvalue weighted by Gasteiger charge is -2.02. The van der Waals surface area contributed by atoms with Crippen LogP contribution in [0.1, 0.15) is 11.1 Å². The van der Waals surface area contributed by atoms with E-state index in [1.165, 1.54) is 0 Å². The van der Waals surface area contributed by atoms with Gasteiger partial charge >= 0.3 is 6.01 Å². The first-order chi connectivity index (χ1) is 12.2. The first-order valence-corrected chi connectivity index (χ1v) is 7.76. The third kappa shape index (κ3) is 3.30. The number of nitrogens with zero attached hydrogens (tertiary/aromatic N) is 2. The number of benzene rings is 2. The van der Waals surface area contributed by atoms with Gasteiger partial charge in [0, 0.05) is 5.56 Å². The Morgan fingerprint density at radius 1 is 1.08 bits per heavy atom. The zero-order valence-electron chi connectivity index (χ0n) is 13.5. The molecule has 4 rings (SSSR count). The minimum Gasteiger partial charge on any atom is -0.454 e. The van der Waals surface area contributed by atoms with Crippen molar-refractivity contribution in [2.75, 3.05) is 12.1 Å². The molecule has 0 atom stereocenters. The number of ether oxygens (including phenoxy) is 2. The van der Waals surface area contributed by atoms with Gasteiger partial charge in [-0.25, -0.2) is 0 Å². The number of hydrogen-bond acceptors (Lipinski definition) is 6. The van der Waals surface area contributed by atoms with E-state index in [2.05, 4.69) is 15.5 Å². The van der Waals surface area contributed by atoms with Crippen LogP contribution in [0.5, 0.6) is 11.5 Å². The van der Waals surface area contributed by atoms with Gasteiger partial charge in [0.15, 0.2) is 11.5 Å². The monoisotopic (exact) mass is 337 g/mol. The molecule has 0 fully saturated rings. The van der Waals surface area contributed by atoms with Gasteiger partial charge in [0.05, 0.1) is 6.42 Å². The number of carbonyl (C=O) groups is 1. The van der Waals surface area contributed by atoms with Gasteiger partial charge in [-0.05, 0) is 36.8 Å². The second kappa shape index (κ2) is 6.27. The van der Waals surface area contributed by atoms with E-state index in [4.69, 9.17) is 13.9 Å². The quantitative estimate of drug-likeness (QED) is 0.788. The van der Waals surface area contributed by atoms with E-state index >= 15 is 0 Å². The number of nitrogens with one attached hydrogen (secondary N) is 1. The molecule has 0 spiro atoms. The molecule has 1 N–H and O–H groups in total. The highest BCUT2D eigenvalue weighted by Crippen LogP contribution is 2.32. The van der Waals surface area contributed by atoms with Crippen molar-refractivity contribution in [2.45, 2.75) is 13.3 Å². The molecule has 126 valence electrons. The molecule has 3 aromatic rings. The van der Waals surface area contributed by atoms with Gasteiger partial charge in [0.1, 0.15) is 0 Å². The Labute approximate surface area is 143 Å². The van der Waals surface area contributed by atoms with Crippen LogP contribution in [0.3, 0.4) is 0 Å². The Balaban J connectivity index is 1.42. The summed E-state index contributed by atoms with van der Waals surface area (Å²) in [5, 5.41) is 10.4. The van der Waals surface area contributed by atoms with Crippen molar-refractivity contribution in [3.8, 4) is 23.0 Å². The molecule has 1 aromatic heterocycles. The number of carbonyl (C=O) groups excluding carboxylic acids is 1. The highest BCUT2D eigenvalue weighted by molar-refractivity contribution is 5.90.